The number of piperidine rings is 1. The van der Waals surface area contributed by atoms with Crippen molar-refractivity contribution in [2.24, 2.45) is 11.8 Å². The lowest BCUT2D eigenvalue weighted by Crippen LogP contribution is -2.59. The molecule has 3 aromatic rings. The zero-order valence-corrected chi connectivity index (χ0v) is 20.8. The third-order valence-electron chi connectivity index (χ3n) is 6.94. The molecule has 13 heteroatoms. The van der Waals surface area contributed by atoms with Crippen LogP contribution in [-0.4, -0.2) is 73.7 Å². The van der Waals surface area contributed by atoms with E-state index in [9.17, 15) is 4.79 Å². The molecule has 0 spiro atoms. The molecule has 2 aromatic heterocycles. The number of amides is 1. The van der Waals surface area contributed by atoms with Crippen molar-refractivity contribution >= 4 is 29.2 Å². The Labute approximate surface area is 216 Å². The number of hydrogen-bond acceptors (Lipinski definition) is 9. The average Bonchev–Trinajstić information content (AvgIpc) is 3.35. The predicted molar refractivity (Wildman–Crippen MR) is 130 cm³/mol. The molecule has 1 aliphatic carbocycles. The molecule has 2 atom stereocenters. The van der Waals surface area contributed by atoms with Crippen molar-refractivity contribution in [3.8, 4) is 11.6 Å². The normalized spacial score (nSPS) is 23.9. The lowest BCUT2D eigenvalue weighted by Gasteiger charge is -2.46. The fraction of sp³-hybridized carbons (Fsp3) is 0.458. The SMILES string of the molecule is CC1(OC(=O)N2CC3COCC(C2)C3Oc2ncnc(Nc3ccc(-n4cncn4)cc3Cl)c2F)CC1. The minimum atomic E-state index is -0.735. The van der Waals surface area contributed by atoms with E-state index in [4.69, 9.17) is 25.8 Å². The molecule has 3 fully saturated rings. The first-order valence-electron chi connectivity index (χ1n) is 12.0. The first-order valence-corrected chi connectivity index (χ1v) is 12.4. The van der Waals surface area contributed by atoms with E-state index in [1.807, 2.05) is 6.92 Å². The largest absolute Gasteiger partial charge is 0.471 e. The molecule has 1 saturated carbocycles. The molecule has 2 aliphatic heterocycles. The van der Waals surface area contributed by atoms with Crippen molar-refractivity contribution in [3.63, 3.8) is 0 Å². The van der Waals surface area contributed by atoms with Crippen LogP contribution in [0.15, 0.2) is 37.2 Å². The van der Waals surface area contributed by atoms with Gasteiger partial charge in [0.1, 0.15) is 30.7 Å². The number of ether oxygens (including phenoxy) is 3. The van der Waals surface area contributed by atoms with Gasteiger partial charge in [0.05, 0.1) is 29.6 Å². The summed E-state index contributed by atoms with van der Waals surface area (Å²) < 4.78 is 34.4. The molecule has 194 valence electrons. The summed E-state index contributed by atoms with van der Waals surface area (Å²) in [5.41, 5.74) is 0.814. The van der Waals surface area contributed by atoms with Gasteiger partial charge in [0.25, 0.3) is 5.88 Å². The lowest BCUT2D eigenvalue weighted by molar-refractivity contribution is -0.112. The van der Waals surface area contributed by atoms with Crippen LogP contribution < -0.4 is 10.1 Å². The van der Waals surface area contributed by atoms with E-state index < -0.39 is 5.82 Å². The Morgan fingerprint density at radius 2 is 2.00 bits per heavy atom. The first-order chi connectivity index (χ1) is 17.9. The van der Waals surface area contributed by atoms with Gasteiger partial charge in [0.15, 0.2) is 5.82 Å². The van der Waals surface area contributed by atoms with Crippen molar-refractivity contribution in [2.75, 3.05) is 31.6 Å². The molecule has 2 saturated heterocycles. The Kier molecular flexibility index (Phi) is 6.07. The number of fused-ring (bicyclic) bond motifs is 2. The standard InChI is InChI=1S/C24H25ClFN7O4/c1-24(4-5-24)37-23(34)32-7-14-9-35-10-15(8-32)20(14)36-22-19(26)21(28-12-29-22)31-18-3-2-16(6-17(18)25)33-13-27-11-30-33/h2-3,6,11-15,20H,4-5,7-10H2,1H3,(H,28,29,31). The van der Waals surface area contributed by atoms with Gasteiger partial charge < -0.3 is 24.4 Å². The fourth-order valence-corrected chi connectivity index (χ4v) is 4.89. The Bertz CT molecular complexity index is 1290. The summed E-state index contributed by atoms with van der Waals surface area (Å²) in [6.07, 6.45) is 5.28. The molecule has 1 aromatic carbocycles. The second kappa shape index (κ2) is 9.42. The smallest absolute Gasteiger partial charge is 0.410 e. The number of rotatable bonds is 6. The molecule has 37 heavy (non-hydrogen) atoms. The van der Waals surface area contributed by atoms with Crippen LogP contribution in [0, 0.1) is 17.7 Å². The lowest BCUT2D eigenvalue weighted by atomic mass is 9.84. The number of aromatic nitrogens is 5. The van der Waals surface area contributed by atoms with Gasteiger partial charge in [0.2, 0.25) is 5.82 Å². The van der Waals surface area contributed by atoms with E-state index in [0.29, 0.717) is 42.7 Å². The average molecular weight is 530 g/mol. The minimum absolute atomic E-state index is 0.0690. The molecule has 3 aliphatic rings. The van der Waals surface area contributed by atoms with Gasteiger partial charge in [-0.2, -0.15) is 14.5 Å². The third kappa shape index (κ3) is 4.90. The van der Waals surface area contributed by atoms with Crippen LogP contribution >= 0.6 is 11.6 Å². The van der Waals surface area contributed by atoms with E-state index in [2.05, 4.69) is 25.4 Å². The molecule has 2 bridgehead atoms. The number of hydrogen-bond donors (Lipinski definition) is 1. The summed E-state index contributed by atoms with van der Waals surface area (Å²) in [6.45, 7) is 3.54. The van der Waals surface area contributed by atoms with E-state index in [1.54, 1.807) is 34.1 Å². The number of nitrogens with zero attached hydrogens (tertiary/aromatic N) is 6. The summed E-state index contributed by atoms with van der Waals surface area (Å²) >= 11 is 6.41. The third-order valence-corrected chi connectivity index (χ3v) is 7.26. The molecule has 1 amide bonds. The maximum atomic E-state index is 15.4. The summed E-state index contributed by atoms with van der Waals surface area (Å²) in [5, 5.41) is 7.33. The molecule has 2 unspecified atom stereocenters. The molecule has 4 heterocycles. The fourth-order valence-electron chi connectivity index (χ4n) is 4.66. The van der Waals surface area contributed by atoms with Crippen LogP contribution in [-0.2, 0) is 9.47 Å². The van der Waals surface area contributed by atoms with E-state index in [1.165, 1.54) is 12.7 Å². The second-order valence-corrected chi connectivity index (χ2v) is 10.2. The second-order valence-electron chi connectivity index (χ2n) is 9.83. The van der Waals surface area contributed by atoms with Crippen LogP contribution in [0.2, 0.25) is 5.02 Å². The Hall–Kier alpha value is -3.51. The number of benzene rings is 1. The van der Waals surface area contributed by atoms with Crippen LogP contribution in [0.25, 0.3) is 5.69 Å². The quantitative estimate of drug-likeness (QED) is 0.511. The Morgan fingerprint density at radius 3 is 2.68 bits per heavy atom. The molecular formula is C24H25ClFN7O4. The van der Waals surface area contributed by atoms with Gasteiger partial charge >= 0.3 is 6.09 Å². The Morgan fingerprint density at radius 1 is 1.22 bits per heavy atom. The number of likely N-dealkylation sites (tertiary alicyclic amines) is 1. The highest BCUT2D eigenvalue weighted by Crippen LogP contribution is 2.40. The van der Waals surface area contributed by atoms with Crippen LogP contribution in [0.4, 0.5) is 20.7 Å². The zero-order chi connectivity index (χ0) is 25.6. The molecule has 6 rings (SSSR count). The highest BCUT2D eigenvalue weighted by atomic mass is 35.5. The van der Waals surface area contributed by atoms with Crippen molar-refractivity contribution in [1.29, 1.82) is 0 Å². The van der Waals surface area contributed by atoms with Crippen LogP contribution in [0.3, 0.4) is 0 Å². The molecule has 0 radical (unpaired) electrons. The molecule has 11 nitrogen and oxygen atoms in total. The van der Waals surface area contributed by atoms with E-state index >= 15 is 4.39 Å². The van der Waals surface area contributed by atoms with Gasteiger partial charge in [-0.05, 0) is 38.0 Å². The van der Waals surface area contributed by atoms with Gasteiger partial charge in [-0.1, -0.05) is 11.6 Å². The van der Waals surface area contributed by atoms with Crippen LogP contribution in [0.1, 0.15) is 19.8 Å². The monoisotopic (exact) mass is 529 g/mol. The van der Waals surface area contributed by atoms with Gasteiger partial charge in [-0.15, -0.1) is 0 Å². The summed E-state index contributed by atoms with van der Waals surface area (Å²) in [7, 11) is 0. The first kappa shape index (κ1) is 23.9. The highest BCUT2D eigenvalue weighted by Gasteiger charge is 2.47. The number of nitrogens with one attached hydrogen (secondary N) is 1. The van der Waals surface area contributed by atoms with Crippen molar-refractivity contribution in [1.82, 2.24) is 29.6 Å². The van der Waals surface area contributed by atoms with Crippen LogP contribution in [0.5, 0.6) is 5.88 Å². The predicted octanol–water partition coefficient (Wildman–Crippen LogP) is 3.61. The summed E-state index contributed by atoms with van der Waals surface area (Å²) in [6, 6.07) is 5.14. The summed E-state index contributed by atoms with van der Waals surface area (Å²) in [5.74, 6) is -1.26. The van der Waals surface area contributed by atoms with E-state index in [-0.39, 0.29) is 41.3 Å². The van der Waals surface area contributed by atoms with Gasteiger partial charge in [-0.3, -0.25) is 0 Å². The maximum absolute atomic E-state index is 15.4. The highest BCUT2D eigenvalue weighted by molar-refractivity contribution is 6.33. The van der Waals surface area contributed by atoms with Gasteiger partial charge in [-0.25, -0.2) is 19.4 Å². The number of carbonyl (C=O) groups excluding carboxylic acids is 1. The zero-order valence-electron chi connectivity index (χ0n) is 20.0. The van der Waals surface area contributed by atoms with Gasteiger partial charge in [0, 0.05) is 24.9 Å². The topological polar surface area (TPSA) is 117 Å². The molecular weight excluding hydrogens is 505 g/mol. The number of anilines is 2. The van der Waals surface area contributed by atoms with E-state index in [0.717, 1.165) is 12.8 Å². The maximum Gasteiger partial charge on any atom is 0.410 e. The minimum Gasteiger partial charge on any atom is -0.471 e. The summed E-state index contributed by atoms with van der Waals surface area (Å²) in [4.78, 5) is 26.3. The number of halogens is 2. The van der Waals surface area contributed by atoms with Crippen molar-refractivity contribution < 1.29 is 23.4 Å². The van der Waals surface area contributed by atoms with Crippen molar-refractivity contribution in [2.45, 2.75) is 31.5 Å². The Balaban J connectivity index is 1.16. The van der Waals surface area contributed by atoms with Crippen molar-refractivity contribution in [3.05, 3.63) is 48.0 Å². The molecule has 1 N–H and O–H groups in total. The number of carbonyl (C=O) groups is 1.